The average Bonchev–Trinajstić information content (AvgIpc) is 3.15. The zero-order valence-corrected chi connectivity index (χ0v) is 11.8. The molecule has 2 aromatic heterocycles. The summed E-state index contributed by atoms with van der Waals surface area (Å²) in [5, 5.41) is 25.3. The number of tetrazole rings is 1. The van der Waals surface area contributed by atoms with Gasteiger partial charge in [-0.15, -0.1) is 14.8 Å². The quantitative estimate of drug-likeness (QED) is 0.762. The molecule has 9 heteroatoms. The predicted molar refractivity (Wildman–Crippen MR) is 75.6 cm³/mol. The third-order valence-electron chi connectivity index (χ3n) is 3.96. The number of β-amino-alcohol motifs (C(OH)–C–C–N with tert-alkyl or cyclic N) is 1. The molecule has 0 spiro atoms. The first-order valence-electron chi connectivity index (χ1n) is 7.07. The number of hydrogen-bond acceptors (Lipinski definition) is 6. The highest BCUT2D eigenvalue weighted by Gasteiger charge is 2.33. The zero-order valence-electron chi connectivity index (χ0n) is 11.8. The number of aliphatic hydroxyl groups excluding tert-OH is 1. The first-order chi connectivity index (χ1) is 11.1. The van der Waals surface area contributed by atoms with Crippen LogP contribution >= 0.6 is 0 Å². The van der Waals surface area contributed by atoms with Gasteiger partial charge in [0.2, 0.25) is 0 Å². The molecule has 7 nitrogen and oxygen atoms in total. The predicted octanol–water partition coefficient (Wildman–Crippen LogP) is 1.11. The highest BCUT2D eigenvalue weighted by molar-refractivity contribution is 5.48. The number of aliphatic hydroxyl groups is 1. The fourth-order valence-corrected chi connectivity index (χ4v) is 2.90. The van der Waals surface area contributed by atoms with E-state index in [0.29, 0.717) is 30.0 Å². The van der Waals surface area contributed by atoms with Crippen molar-refractivity contribution in [2.45, 2.75) is 18.6 Å². The SMILES string of the molecule is OC1CC(c2ccc(F)c(F)c2)N(c2ccc3nnnn3n2)C1. The largest absolute Gasteiger partial charge is 0.391 e. The van der Waals surface area contributed by atoms with E-state index < -0.39 is 17.7 Å². The molecule has 23 heavy (non-hydrogen) atoms. The highest BCUT2D eigenvalue weighted by Crippen LogP contribution is 2.35. The van der Waals surface area contributed by atoms with Gasteiger partial charge in [-0.05, 0) is 46.7 Å². The van der Waals surface area contributed by atoms with Crippen LogP contribution in [0.2, 0.25) is 0 Å². The van der Waals surface area contributed by atoms with Crippen molar-refractivity contribution in [2.75, 3.05) is 11.4 Å². The number of benzene rings is 1. The average molecular weight is 318 g/mol. The van der Waals surface area contributed by atoms with Crippen molar-refractivity contribution >= 4 is 11.5 Å². The second-order valence-corrected chi connectivity index (χ2v) is 5.45. The van der Waals surface area contributed by atoms with E-state index in [4.69, 9.17) is 0 Å². The number of hydrogen-bond donors (Lipinski definition) is 1. The Balaban J connectivity index is 1.74. The maximum atomic E-state index is 13.5. The molecule has 3 heterocycles. The molecule has 1 fully saturated rings. The Morgan fingerprint density at radius 2 is 2.00 bits per heavy atom. The molecule has 3 aromatic rings. The van der Waals surface area contributed by atoms with E-state index in [1.54, 1.807) is 12.1 Å². The lowest BCUT2D eigenvalue weighted by atomic mass is 10.0. The van der Waals surface area contributed by atoms with Crippen LogP contribution < -0.4 is 4.90 Å². The first-order valence-corrected chi connectivity index (χ1v) is 7.07. The molecule has 0 amide bonds. The summed E-state index contributed by atoms with van der Waals surface area (Å²) in [5.41, 5.74) is 1.08. The van der Waals surface area contributed by atoms with E-state index in [-0.39, 0.29) is 6.04 Å². The Labute approximate surface area is 129 Å². The third kappa shape index (κ3) is 2.38. The zero-order chi connectivity index (χ0) is 16.0. The Hall–Kier alpha value is -2.68. The third-order valence-corrected chi connectivity index (χ3v) is 3.96. The smallest absolute Gasteiger partial charge is 0.200 e. The first kappa shape index (κ1) is 13.9. The number of nitrogens with zero attached hydrogens (tertiary/aromatic N) is 6. The molecular weight excluding hydrogens is 306 g/mol. The minimum Gasteiger partial charge on any atom is -0.391 e. The number of rotatable bonds is 2. The summed E-state index contributed by atoms with van der Waals surface area (Å²) in [5.74, 6) is -1.25. The van der Waals surface area contributed by atoms with Crippen LogP contribution in [0.1, 0.15) is 18.0 Å². The fourth-order valence-electron chi connectivity index (χ4n) is 2.90. The van der Waals surface area contributed by atoms with Gasteiger partial charge >= 0.3 is 0 Å². The molecular formula is C14H12F2N6O. The van der Waals surface area contributed by atoms with Gasteiger partial charge in [0.1, 0.15) is 0 Å². The van der Waals surface area contributed by atoms with Crippen LogP contribution in [0.4, 0.5) is 14.6 Å². The molecule has 0 radical (unpaired) electrons. The van der Waals surface area contributed by atoms with Crippen molar-refractivity contribution in [2.24, 2.45) is 0 Å². The van der Waals surface area contributed by atoms with Crippen LogP contribution in [-0.2, 0) is 0 Å². The Bertz CT molecular complexity index is 869. The molecule has 0 aliphatic carbocycles. The van der Waals surface area contributed by atoms with Crippen LogP contribution in [0.15, 0.2) is 30.3 Å². The summed E-state index contributed by atoms with van der Waals surface area (Å²) < 4.78 is 27.9. The summed E-state index contributed by atoms with van der Waals surface area (Å²) in [6.45, 7) is 0.338. The van der Waals surface area contributed by atoms with E-state index >= 15 is 0 Å². The Morgan fingerprint density at radius 1 is 1.13 bits per heavy atom. The molecule has 1 aromatic carbocycles. The van der Waals surface area contributed by atoms with Crippen LogP contribution in [0.3, 0.4) is 0 Å². The van der Waals surface area contributed by atoms with Gasteiger partial charge in [0.05, 0.1) is 12.1 Å². The summed E-state index contributed by atoms with van der Waals surface area (Å²) >= 11 is 0. The van der Waals surface area contributed by atoms with Crippen molar-refractivity contribution in [1.82, 2.24) is 25.3 Å². The minimum absolute atomic E-state index is 0.304. The van der Waals surface area contributed by atoms with Crippen molar-refractivity contribution in [3.05, 3.63) is 47.5 Å². The van der Waals surface area contributed by atoms with E-state index in [1.807, 2.05) is 4.90 Å². The van der Waals surface area contributed by atoms with Gasteiger partial charge < -0.3 is 10.0 Å². The number of anilines is 1. The van der Waals surface area contributed by atoms with Gasteiger partial charge in [-0.2, -0.15) is 0 Å². The molecule has 2 unspecified atom stereocenters. The van der Waals surface area contributed by atoms with E-state index in [1.165, 1.54) is 10.7 Å². The van der Waals surface area contributed by atoms with E-state index in [0.717, 1.165) is 12.1 Å². The highest BCUT2D eigenvalue weighted by atomic mass is 19.2. The maximum Gasteiger partial charge on any atom is 0.200 e. The molecule has 1 aliphatic heterocycles. The molecule has 4 rings (SSSR count). The van der Waals surface area contributed by atoms with Crippen molar-refractivity contribution < 1.29 is 13.9 Å². The second-order valence-electron chi connectivity index (χ2n) is 5.45. The van der Waals surface area contributed by atoms with E-state index in [9.17, 15) is 13.9 Å². The standard InChI is InChI=1S/C14H12F2N6O/c15-10-2-1-8(5-11(10)16)12-6-9(23)7-21(12)14-4-3-13-17-19-20-22(13)18-14/h1-5,9,12,23H,6-7H2. The monoisotopic (exact) mass is 318 g/mol. The molecule has 2 atom stereocenters. The summed E-state index contributed by atoms with van der Waals surface area (Å²) in [4.78, 5) is 1.83. The van der Waals surface area contributed by atoms with Crippen LogP contribution in [-0.4, -0.2) is 43.0 Å². The fraction of sp³-hybridized carbons (Fsp3) is 0.286. The molecule has 1 aliphatic rings. The Kier molecular flexibility index (Phi) is 3.15. The second kappa shape index (κ2) is 5.20. The molecule has 118 valence electrons. The minimum atomic E-state index is -0.910. The lowest BCUT2D eigenvalue weighted by molar-refractivity contribution is 0.194. The molecule has 0 bridgehead atoms. The molecule has 1 saturated heterocycles. The van der Waals surface area contributed by atoms with Crippen molar-refractivity contribution in [3.8, 4) is 0 Å². The van der Waals surface area contributed by atoms with Crippen LogP contribution in [0.5, 0.6) is 0 Å². The lowest BCUT2D eigenvalue weighted by Crippen LogP contribution is -2.26. The lowest BCUT2D eigenvalue weighted by Gasteiger charge is -2.25. The number of aromatic nitrogens is 5. The summed E-state index contributed by atoms with van der Waals surface area (Å²) in [6.07, 6.45) is -0.181. The van der Waals surface area contributed by atoms with Gasteiger partial charge in [-0.3, -0.25) is 0 Å². The summed E-state index contributed by atoms with van der Waals surface area (Å²) in [6, 6.07) is 6.89. The van der Waals surface area contributed by atoms with Gasteiger partial charge in [0.15, 0.2) is 23.1 Å². The van der Waals surface area contributed by atoms with Crippen LogP contribution in [0, 0.1) is 11.6 Å². The molecule has 0 saturated carbocycles. The van der Waals surface area contributed by atoms with Gasteiger partial charge in [-0.25, -0.2) is 8.78 Å². The van der Waals surface area contributed by atoms with Gasteiger partial charge in [0, 0.05) is 6.54 Å². The number of fused-ring (bicyclic) bond motifs is 1. The van der Waals surface area contributed by atoms with E-state index in [2.05, 4.69) is 20.6 Å². The topological polar surface area (TPSA) is 79.4 Å². The number of halogens is 2. The van der Waals surface area contributed by atoms with Crippen molar-refractivity contribution in [3.63, 3.8) is 0 Å². The summed E-state index contributed by atoms with van der Waals surface area (Å²) in [7, 11) is 0. The molecule has 1 N–H and O–H groups in total. The Morgan fingerprint density at radius 3 is 2.83 bits per heavy atom. The van der Waals surface area contributed by atoms with Crippen LogP contribution in [0.25, 0.3) is 5.65 Å². The maximum absolute atomic E-state index is 13.5. The van der Waals surface area contributed by atoms with Gasteiger partial charge in [-0.1, -0.05) is 6.07 Å². The van der Waals surface area contributed by atoms with Crippen molar-refractivity contribution in [1.29, 1.82) is 0 Å². The normalized spacial score (nSPS) is 21.3. The van der Waals surface area contributed by atoms with Gasteiger partial charge in [0.25, 0.3) is 0 Å².